The minimum atomic E-state index is -0.256. The van der Waals surface area contributed by atoms with Crippen molar-refractivity contribution in [2.75, 3.05) is 0 Å². The number of nitrogens with zero attached hydrogens (tertiary/aromatic N) is 3. The van der Waals surface area contributed by atoms with Crippen LogP contribution in [0, 0.1) is 5.41 Å². The van der Waals surface area contributed by atoms with Crippen molar-refractivity contribution >= 4 is 5.97 Å². The summed E-state index contributed by atoms with van der Waals surface area (Å²) in [6.45, 7) is 10.2. The summed E-state index contributed by atoms with van der Waals surface area (Å²) < 4.78 is 5.50. The molecular formula is C21H29N3O2. The van der Waals surface area contributed by atoms with Gasteiger partial charge in [-0.3, -0.25) is 4.79 Å². The Labute approximate surface area is 155 Å². The summed E-state index contributed by atoms with van der Waals surface area (Å²) in [4.78, 5) is 14.4. The minimum absolute atomic E-state index is 0.0340. The number of carbonyl (C=O) groups excluding carboxylic acids is 1. The minimum Gasteiger partial charge on any atom is -0.463 e. The van der Waals surface area contributed by atoms with Crippen molar-refractivity contribution in [2.24, 2.45) is 5.41 Å². The van der Waals surface area contributed by atoms with Gasteiger partial charge in [0.15, 0.2) is 0 Å². The van der Waals surface area contributed by atoms with E-state index in [1.165, 1.54) is 12.8 Å². The van der Waals surface area contributed by atoms with E-state index in [1.54, 1.807) is 0 Å². The smallest absolute Gasteiger partial charge is 0.313 e. The Morgan fingerprint density at radius 2 is 1.88 bits per heavy atom. The van der Waals surface area contributed by atoms with Gasteiger partial charge < -0.3 is 4.74 Å². The van der Waals surface area contributed by atoms with Crippen molar-refractivity contribution in [1.29, 1.82) is 0 Å². The third-order valence-electron chi connectivity index (χ3n) is 4.44. The van der Waals surface area contributed by atoms with Gasteiger partial charge in [0.05, 0.1) is 24.3 Å². The third kappa shape index (κ3) is 4.71. The summed E-state index contributed by atoms with van der Waals surface area (Å²) in [6.07, 6.45) is 4.78. The normalized spacial score (nSPS) is 15.9. The Morgan fingerprint density at radius 1 is 1.23 bits per heavy atom. The quantitative estimate of drug-likeness (QED) is 0.702. The highest BCUT2D eigenvalue weighted by Gasteiger charge is 2.29. The second kappa shape index (κ2) is 7.22. The molecule has 1 saturated carbocycles. The van der Waals surface area contributed by atoms with Gasteiger partial charge in [-0.2, -0.15) is 15.0 Å². The van der Waals surface area contributed by atoms with Crippen LogP contribution in [0.2, 0.25) is 0 Å². The number of carbonyl (C=O) groups is 1. The Kier molecular flexibility index (Phi) is 5.17. The van der Waals surface area contributed by atoms with Gasteiger partial charge in [0, 0.05) is 5.56 Å². The maximum atomic E-state index is 12.6. The summed E-state index contributed by atoms with van der Waals surface area (Å²) in [5, 5.41) is 8.92. The van der Waals surface area contributed by atoms with Crippen molar-refractivity contribution in [1.82, 2.24) is 15.0 Å². The zero-order valence-electron chi connectivity index (χ0n) is 16.4. The van der Waals surface area contributed by atoms with Gasteiger partial charge in [0.1, 0.15) is 5.69 Å². The fourth-order valence-corrected chi connectivity index (χ4v) is 3.04. The highest BCUT2D eigenvalue weighted by atomic mass is 16.5. The van der Waals surface area contributed by atoms with E-state index in [4.69, 9.17) is 4.74 Å². The standard InChI is InChI=1S/C21H29N3O2/c1-14(2)26-20(25)18(12-21(3,4)5)15-6-8-16(9-7-15)19-13-22-24(23-19)17-10-11-17/h6-9,13-14,17-18H,10-12H2,1-5H3. The second-order valence-electron chi connectivity index (χ2n) is 8.71. The molecule has 140 valence electrons. The molecule has 1 aromatic carbocycles. The van der Waals surface area contributed by atoms with E-state index in [1.807, 2.05) is 49.1 Å². The third-order valence-corrected chi connectivity index (χ3v) is 4.44. The van der Waals surface area contributed by atoms with Crippen LogP contribution in [0.4, 0.5) is 0 Å². The van der Waals surface area contributed by atoms with E-state index >= 15 is 0 Å². The molecule has 5 heteroatoms. The monoisotopic (exact) mass is 355 g/mol. The lowest BCUT2D eigenvalue weighted by Crippen LogP contribution is -2.24. The zero-order valence-corrected chi connectivity index (χ0v) is 16.4. The predicted octanol–water partition coefficient (Wildman–Crippen LogP) is 4.75. The number of aromatic nitrogens is 3. The largest absolute Gasteiger partial charge is 0.463 e. The first-order valence-electron chi connectivity index (χ1n) is 9.45. The summed E-state index contributed by atoms with van der Waals surface area (Å²) in [6, 6.07) is 8.56. The molecule has 1 unspecified atom stereocenters. The maximum Gasteiger partial charge on any atom is 0.313 e. The first-order valence-corrected chi connectivity index (χ1v) is 9.45. The van der Waals surface area contributed by atoms with E-state index in [0.29, 0.717) is 6.04 Å². The molecule has 0 saturated heterocycles. The van der Waals surface area contributed by atoms with E-state index in [2.05, 4.69) is 31.0 Å². The van der Waals surface area contributed by atoms with Crippen molar-refractivity contribution in [3.63, 3.8) is 0 Å². The molecule has 1 aromatic heterocycles. The highest BCUT2D eigenvalue weighted by molar-refractivity contribution is 5.78. The Bertz CT molecular complexity index is 752. The Hall–Kier alpha value is -2.17. The number of esters is 1. The van der Waals surface area contributed by atoms with Gasteiger partial charge >= 0.3 is 5.97 Å². The Morgan fingerprint density at radius 3 is 2.42 bits per heavy atom. The molecule has 0 spiro atoms. The van der Waals surface area contributed by atoms with Crippen LogP contribution in [0.3, 0.4) is 0 Å². The van der Waals surface area contributed by atoms with Crippen molar-refractivity contribution in [3.8, 4) is 11.3 Å². The van der Waals surface area contributed by atoms with Crippen LogP contribution in [-0.4, -0.2) is 27.1 Å². The van der Waals surface area contributed by atoms with Gasteiger partial charge in [-0.25, -0.2) is 0 Å². The van der Waals surface area contributed by atoms with Crippen molar-refractivity contribution in [2.45, 2.75) is 71.9 Å². The van der Waals surface area contributed by atoms with Crippen LogP contribution < -0.4 is 0 Å². The zero-order chi connectivity index (χ0) is 18.9. The second-order valence-corrected chi connectivity index (χ2v) is 8.71. The van der Waals surface area contributed by atoms with Gasteiger partial charge in [-0.1, -0.05) is 45.0 Å². The molecule has 3 rings (SSSR count). The fourth-order valence-electron chi connectivity index (χ4n) is 3.04. The maximum absolute atomic E-state index is 12.6. The molecule has 5 nitrogen and oxygen atoms in total. The average molecular weight is 355 g/mol. The van der Waals surface area contributed by atoms with Crippen LogP contribution in [0.5, 0.6) is 0 Å². The molecular weight excluding hydrogens is 326 g/mol. The molecule has 0 N–H and O–H groups in total. The lowest BCUT2D eigenvalue weighted by atomic mass is 9.81. The SMILES string of the molecule is CC(C)OC(=O)C(CC(C)(C)C)c1ccc(-c2cnn(C3CC3)n2)cc1. The molecule has 0 aliphatic heterocycles. The van der Waals surface area contributed by atoms with Gasteiger partial charge in [-0.15, -0.1) is 0 Å². The van der Waals surface area contributed by atoms with Crippen LogP contribution in [0.25, 0.3) is 11.3 Å². The number of hydrogen-bond donors (Lipinski definition) is 0. The highest BCUT2D eigenvalue weighted by Crippen LogP contribution is 2.35. The van der Waals surface area contributed by atoms with Crippen molar-refractivity contribution in [3.05, 3.63) is 36.0 Å². The molecule has 0 amide bonds. The van der Waals surface area contributed by atoms with E-state index in [0.717, 1.165) is 23.2 Å². The average Bonchev–Trinajstić information content (AvgIpc) is 3.29. The molecule has 0 bridgehead atoms. The fraction of sp³-hybridized carbons (Fsp3) is 0.571. The number of hydrogen-bond acceptors (Lipinski definition) is 4. The van der Waals surface area contributed by atoms with E-state index in [-0.39, 0.29) is 23.4 Å². The summed E-state index contributed by atoms with van der Waals surface area (Å²) in [5.74, 6) is -0.407. The van der Waals surface area contributed by atoms with Crippen molar-refractivity contribution < 1.29 is 9.53 Å². The number of benzene rings is 1. The molecule has 26 heavy (non-hydrogen) atoms. The molecule has 0 radical (unpaired) electrons. The number of ether oxygens (including phenoxy) is 1. The molecule has 1 aliphatic rings. The first kappa shape index (κ1) is 18.6. The van der Waals surface area contributed by atoms with Gasteiger partial charge in [0.25, 0.3) is 0 Å². The molecule has 1 heterocycles. The topological polar surface area (TPSA) is 57.0 Å². The summed E-state index contributed by atoms with van der Waals surface area (Å²) in [7, 11) is 0. The van der Waals surface area contributed by atoms with Crippen LogP contribution in [0.1, 0.15) is 71.4 Å². The first-order chi connectivity index (χ1) is 12.2. The number of rotatable bonds is 6. The lowest BCUT2D eigenvalue weighted by Gasteiger charge is -2.26. The van der Waals surface area contributed by atoms with Crippen LogP contribution >= 0.6 is 0 Å². The van der Waals surface area contributed by atoms with Crippen LogP contribution in [-0.2, 0) is 9.53 Å². The van der Waals surface area contributed by atoms with Crippen LogP contribution in [0.15, 0.2) is 30.5 Å². The molecule has 1 fully saturated rings. The lowest BCUT2D eigenvalue weighted by molar-refractivity contribution is -0.150. The molecule has 2 aromatic rings. The van der Waals surface area contributed by atoms with Gasteiger partial charge in [-0.05, 0) is 44.1 Å². The summed E-state index contributed by atoms with van der Waals surface area (Å²) >= 11 is 0. The predicted molar refractivity (Wildman–Crippen MR) is 102 cm³/mol. The molecule has 1 atom stereocenters. The van der Waals surface area contributed by atoms with E-state index in [9.17, 15) is 4.79 Å². The summed E-state index contributed by atoms with van der Waals surface area (Å²) in [5.41, 5.74) is 2.92. The van der Waals surface area contributed by atoms with Gasteiger partial charge in [0.2, 0.25) is 0 Å². The Balaban J connectivity index is 1.80. The molecule has 1 aliphatic carbocycles. The van der Waals surface area contributed by atoms with E-state index < -0.39 is 0 Å².